The largest absolute Gasteiger partial charge is 0.349 e. The predicted octanol–water partition coefficient (Wildman–Crippen LogP) is 2.82. The van der Waals surface area contributed by atoms with Crippen molar-refractivity contribution in [3.8, 4) is 0 Å². The highest BCUT2D eigenvalue weighted by atomic mass is 19.1. The van der Waals surface area contributed by atoms with Crippen molar-refractivity contribution in [1.82, 2.24) is 10.2 Å². The second-order valence-corrected chi connectivity index (χ2v) is 6.81. The van der Waals surface area contributed by atoms with Crippen LogP contribution in [0.25, 0.3) is 0 Å². The van der Waals surface area contributed by atoms with E-state index in [4.69, 9.17) is 0 Å². The van der Waals surface area contributed by atoms with Crippen molar-refractivity contribution >= 4 is 23.4 Å². The van der Waals surface area contributed by atoms with Gasteiger partial charge in [-0.1, -0.05) is 6.07 Å². The fourth-order valence-corrected chi connectivity index (χ4v) is 3.21. The van der Waals surface area contributed by atoms with Crippen molar-refractivity contribution in [2.75, 3.05) is 18.4 Å². The van der Waals surface area contributed by atoms with E-state index < -0.39 is 0 Å². The SMILES string of the molecule is CC(=O)Nc1cccc(C(=O)NC2CCN(C(=O)c3ccc(F)cc3)CC2)c1. The number of rotatable bonds is 4. The van der Waals surface area contributed by atoms with E-state index in [1.165, 1.54) is 31.2 Å². The van der Waals surface area contributed by atoms with Gasteiger partial charge in [-0.3, -0.25) is 14.4 Å². The maximum Gasteiger partial charge on any atom is 0.253 e. The van der Waals surface area contributed by atoms with Crippen molar-refractivity contribution in [2.45, 2.75) is 25.8 Å². The third kappa shape index (κ3) is 4.94. The van der Waals surface area contributed by atoms with Gasteiger partial charge in [-0.15, -0.1) is 0 Å². The first-order valence-corrected chi connectivity index (χ1v) is 9.16. The zero-order valence-corrected chi connectivity index (χ0v) is 15.6. The topological polar surface area (TPSA) is 78.5 Å². The number of nitrogens with one attached hydrogen (secondary N) is 2. The average molecular weight is 383 g/mol. The Morgan fingerprint density at radius 1 is 1.00 bits per heavy atom. The molecule has 0 atom stereocenters. The normalized spacial score (nSPS) is 14.4. The van der Waals surface area contributed by atoms with E-state index in [-0.39, 0.29) is 29.6 Å². The lowest BCUT2D eigenvalue weighted by Crippen LogP contribution is -2.46. The van der Waals surface area contributed by atoms with Gasteiger partial charge in [0.2, 0.25) is 5.91 Å². The van der Waals surface area contributed by atoms with E-state index in [1.54, 1.807) is 29.2 Å². The fraction of sp³-hybridized carbons (Fsp3) is 0.286. The van der Waals surface area contributed by atoms with Gasteiger partial charge >= 0.3 is 0 Å². The molecule has 0 aromatic heterocycles. The summed E-state index contributed by atoms with van der Waals surface area (Å²) in [4.78, 5) is 37.8. The van der Waals surface area contributed by atoms with Crippen LogP contribution in [0.5, 0.6) is 0 Å². The molecule has 3 rings (SSSR count). The molecule has 0 spiro atoms. The molecule has 2 aromatic carbocycles. The second-order valence-electron chi connectivity index (χ2n) is 6.81. The van der Waals surface area contributed by atoms with Gasteiger partial charge in [-0.2, -0.15) is 0 Å². The van der Waals surface area contributed by atoms with Gasteiger partial charge < -0.3 is 15.5 Å². The van der Waals surface area contributed by atoms with Crippen molar-refractivity contribution in [3.05, 3.63) is 65.5 Å². The van der Waals surface area contributed by atoms with Gasteiger partial charge in [0.05, 0.1) is 0 Å². The van der Waals surface area contributed by atoms with Crippen molar-refractivity contribution < 1.29 is 18.8 Å². The number of carbonyl (C=O) groups excluding carboxylic acids is 3. The van der Waals surface area contributed by atoms with Crippen molar-refractivity contribution in [2.24, 2.45) is 0 Å². The highest BCUT2D eigenvalue weighted by Gasteiger charge is 2.25. The number of hydrogen-bond donors (Lipinski definition) is 2. The summed E-state index contributed by atoms with van der Waals surface area (Å²) in [5.41, 5.74) is 1.50. The molecule has 28 heavy (non-hydrogen) atoms. The molecule has 3 amide bonds. The molecule has 0 saturated carbocycles. The molecule has 0 bridgehead atoms. The average Bonchev–Trinajstić information content (AvgIpc) is 2.68. The first-order chi connectivity index (χ1) is 13.4. The summed E-state index contributed by atoms with van der Waals surface area (Å²) in [7, 11) is 0. The van der Waals surface area contributed by atoms with Gasteiger partial charge in [0.25, 0.3) is 11.8 Å². The Morgan fingerprint density at radius 2 is 1.68 bits per heavy atom. The van der Waals surface area contributed by atoms with E-state index in [0.717, 1.165) is 0 Å². The van der Waals surface area contributed by atoms with Crippen molar-refractivity contribution in [1.29, 1.82) is 0 Å². The highest BCUT2D eigenvalue weighted by Crippen LogP contribution is 2.16. The number of hydrogen-bond acceptors (Lipinski definition) is 3. The molecule has 1 heterocycles. The maximum absolute atomic E-state index is 13.0. The lowest BCUT2D eigenvalue weighted by Gasteiger charge is -2.32. The van der Waals surface area contributed by atoms with Crippen molar-refractivity contribution in [3.63, 3.8) is 0 Å². The molecule has 2 aromatic rings. The number of amides is 3. The van der Waals surface area contributed by atoms with Gasteiger partial charge in [0.15, 0.2) is 0 Å². The molecule has 1 saturated heterocycles. The van der Waals surface area contributed by atoms with Crippen LogP contribution in [-0.2, 0) is 4.79 Å². The van der Waals surface area contributed by atoms with Crippen LogP contribution in [0.4, 0.5) is 10.1 Å². The monoisotopic (exact) mass is 383 g/mol. The Bertz CT molecular complexity index is 875. The van der Waals surface area contributed by atoms with Crippen LogP contribution in [0, 0.1) is 5.82 Å². The van der Waals surface area contributed by atoms with Crippen LogP contribution in [0.1, 0.15) is 40.5 Å². The van der Waals surface area contributed by atoms with E-state index in [1.807, 2.05) is 0 Å². The molecular formula is C21H22FN3O3. The maximum atomic E-state index is 13.0. The smallest absolute Gasteiger partial charge is 0.253 e. The standard InChI is InChI=1S/C21H22FN3O3/c1-14(26)23-19-4-2-3-16(13-19)20(27)24-18-9-11-25(12-10-18)21(28)15-5-7-17(22)8-6-15/h2-8,13,18H,9-12H2,1H3,(H,23,26)(H,24,27). The molecule has 0 radical (unpaired) electrons. The lowest BCUT2D eigenvalue weighted by molar-refractivity contribution is -0.114. The van der Waals surface area contributed by atoms with Gasteiger partial charge in [-0.25, -0.2) is 4.39 Å². The Labute approximate surface area is 162 Å². The number of piperidine rings is 1. The molecule has 1 aliphatic heterocycles. The van der Waals surface area contributed by atoms with E-state index >= 15 is 0 Å². The summed E-state index contributed by atoms with van der Waals surface area (Å²) in [5, 5.41) is 5.64. The summed E-state index contributed by atoms with van der Waals surface area (Å²) in [6.07, 6.45) is 1.29. The minimum Gasteiger partial charge on any atom is -0.349 e. The number of anilines is 1. The number of nitrogens with zero attached hydrogens (tertiary/aromatic N) is 1. The van der Waals surface area contributed by atoms with E-state index in [0.29, 0.717) is 42.7 Å². The summed E-state index contributed by atoms with van der Waals surface area (Å²) >= 11 is 0. The molecule has 6 nitrogen and oxygen atoms in total. The molecule has 1 fully saturated rings. The highest BCUT2D eigenvalue weighted by molar-refractivity contribution is 5.97. The van der Waals surface area contributed by atoms with Crippen LogP contribution in [0.15, 0.2) is 48.5 Å². The van der Waals surface area contributed by atoms with E-state index in [9.17, 15) is 18.8 Å². The Morgan fingerprint density at radius 3 is 2.32 bits per heavy atom. The third-order valence-electron chi connectivity index (χ3n) is 4.65. The summed E-state index contributed by atoms with van der Waals surface area (Å²) in [6, 6.07) is 12.2. The second kappa shape index (κ2) is 8.65. The first-order valence-electron chi connectivity index (χ1n) is 9.16. The van der Waals surface area contributed by atoms with Crippen LogP contribution < -0.4 is 10.6 Å². The van der Waals surface area contributed by atoms with Crippen LogP contribution in [-0.4, -0.2) is 41.8 Å². The number of likely N-dealkylation sites (tertiary alicyclic amines) is 1. The predicted molar refractivity (Wildman–Crippen MR) is 104 cm³/mol. The molecule has 146 valence electrons. The molecule has 2 N–H and O–H groups in total. The zero-order chi connectivity index (χ0) is 20.1. The van der Waals surface area contributed by atoms with Gasteiger partial charge in [-0.05, 0) is 55.3 Å². The summed E-state index contributed by atoms with van der Waals surface area (Å²) < 4.78 is 13.0. The molecule has 0 aliphatic carbocycles. The zero-order valence-electron chi connectivity index (χ0n) is 15.6. The number of benzene rings is 2. The summed E-state index contributed by atoms with van der Waals surface area (Å²) in [5.74, 6) is -0.917. The van der Waals surface area contributed by atoms with Crippen LogP contribution >= 0.6 is 0 Å². The number of halogens is 1. The molecular weight excluding hydrogens is 361 g/mol. The quantitative estimate of drug-likeness (QED) is 0.852. The third-order valence-corrected chi connectivity index (χ3v) is 4.65. The van der Waals surface area contributed by atoms with Gasteiger partial charge in [0, 0.05) is 42.9 Å². The molecule has 0 unspecified atom stereocenters. The molecule has 7 heteroatoms. The minimum absolute atomic E-state index is 0.0332. The minimum atomic E-state index is -0.374. The Hall–Kier alpha value is -3.22. The summed E-state index contributed by atoms with van der Waals surface area (Å²) in [6.45, 7) is 2.45. The molecule has 1 aliphatic rings. The fourth-order valence-electron chi connectivity index (χ4n) is 3.21. The number of carbonyl (C=O) groups is 3. The first kappa shape index (κ1) is 19.5. The Balaban J connectivity index is 1.54. The van der Waals surface area contributed by atoms with Crippen LogP contribution in [0.2, 0.25) is 0 Å². The van der Waals surface area contributed by atoms with Gasteiger partial charge in [0.1, 0.15) is 5.82 Å². The Kier molecular flexibility index (Phi) is 6.03. The lowest BCUT2D eigenvalue weighted by atomic mass is 10.0. The van der Waals surface area contributed by atoms with Crippen LogP contribution in [0.3, 0.4) is 0 Å². The van der Waals surface area contributed by atoms with E-state index in [2.05, 4.69) is 10.6 Å².